The Morgan fingerprint density at radius 3 is 2.46 bits per heavy atom. The molecule has 0 amide bonds. The maximum absolute atomic E-state index is 14.0. The fourth-order valence-electron chi connectivity index (χ4n) is 3.43. The Labute approximate surface area is 161 Å². The molecule has 2 heterocycles. The van der Waals surface area contributed by atoms with Gasteiger partial charge in [0.2, 0.25) is 11.7 Å². The minimum Gasteiger partial charge on any atom is -0.381 e. The van der Waals surface area contributed by atoms with Crippen molar-refractivity contribution in [3.05, 3.63) is 71.6 Å². The Balaban J connectivity index is 1.53. The molecule has 2 aromatic carbocycles. The molecule has 0 aliphatic carbocycles. The van der Waals surface area contributed by atoms with Crippen LogP contribution in [0.4, 0.5) is 8.78 Å². The molecular weight excluding hydrogens is 364 g/mol. The Bertz CT molecular complexity index is 908. The number of hydrogen-bond acceptors (Lipinski definition) is 5. The molecule has 1 aromatic heterocycles. The Morgan fingerprint density at radius 2 is 1.71 bits per heavy atom. The monoisotopic (exact) mass is 385 g/mol. The van der Waals surface area contributed by atoms with E-state index in [1.54, 1.807) is 30.3 Å². The molecule has 1 fully saturated rings. The van der Waals surface area contributed by atoms with Crippen molar-refractivity contribution in [2.75, 3.05) is 13.2 Å². The van der Waals surface area contributed by atoms with Gasteiger partial charge < -0.3 is 9.26 Å². The summed E-state index contributed by atoms with van der Waals surface area (Å²) in [5.41, 5.74) is 1.32. The quantitative estimate of drug-likeness (QED) is 0.637. The van der Waals surface area contributed by atoms with Gasteiger partial charge in [0.25, 0.3) is 0 Å². The second-order valence-corrected chi connectivity index (χ2v) is 6.87. The summed E-state index contributed by atoms with van der Waals surface area (Å²) in [4.78, 5) is 6.61. The van der Waals surface area contributed by atoms with E-state index in [-0.39, 0.29) is 17.5 Å². The average Bonchev–Trinajstić information content (AvgIpc) is 3.18. The minimum absolute atomic E-state index is 0.238. The van der Waals surface area contributed by atoms with Crippen LogP contribution in [0.2, 0.25) is 0 Å². The average molecular weight is 385 g/mol. The van der Waals surface area contributed by atoms with Crippen molar-refractivity contribution in [2.45, 2.75) is 32.0 Å². The van der Waals surface area contributed by atoms with Crippen LogP contribution in [0, 0.1) is 11.6 Å². The van der Waals surface area contributed by atoms with Crippen LogP contribution >= 0.6 is 0 Å². The molecular formula is C21H21F2N3O2. The Morgan fingerprint density at radius 1 is 0.964 bits per heavy atom. The third kappa shape index (κ3) is 4.43. The van der Waals surface area contributed by atoms with Gasteiger partial charge in [-0.25, -0.2) is 8.78 Å². The fourth-order valence-corrected chi connectivity index (χ4v) is 3.43. The zero-order chi connectivity index (χ0) is 19.3. The minimum atomic E-state index is -0.387. The first kappa shape index (κ1) is 18.7. The van der Waals surface area contributed by atoms with Crippen molar-refractivity contribution in [1.82, 2.24) is 15.0 Å². The van der Waals surface area contributed by atoms with Crippen molar-refractivity contribution in [3.8, 4) is 11.4 Å². The highest BCUT2D eigenvalue weighted by molar-refractivity contribution is 5.54. The van der Waals surface area contributed by atoms with Crippen molar-refractivity contribution >= 4 is 0 Å². The summed E-state index contributed by atoms with van der Waals surface area (Å²) in [6.45, 7) is 2.47. The predicted molar refractivity (Wildman–Crippen MR) is 99.2 cm³/mol. The van der Waals surface area contributed by atoms with Gasteiger partial charge in [0.05, 0.1) is 12.1 Å². The lowest BCUT2D eigenvalue weighted by Gasteiger charge is -2.33. The molecule has 28 heavy (non-hydrogen) atoms. The van der Waals surface area contributed by atoms with E-state index in [2.05, 4.69) is 15.0 Å². The van der Waals surface area contributed by atoms with Crippen LogP contribution in [0.5, 0.6) is 0 Å². The summed E-state index contributed by atoms with van der Waals surface area (Å²) >= 11 is 0. The van der Waals surface area contributed by atoms with Crippen molar-refractivity contribution in [2.24, 2.45) is 0 Å². The van der Waals surface area contributed by atoms with E-state index in [1.165, 1.54) is 18.2 Å². The number of ether oxygens (including phenoxy) is 1. The van der Waals surface area contributed by atoms with Gasteiger partial charge in [-0.05, 0) is 42.7 Å². The van der Waals surface area contributed by atoms with Gasteiger partial charge in [0.15, 0.2) is 0 Å². The van der Waals surface area contributed by atoms with Gasteiger partial charge >= 0.3 is 0 Å². The van der Waals surface area contributed by atoms with Crippen molar-refractivity contribution in [3.63, 3.8) is 0 Å². The van der Waals surface area contributed by atoms with Gasteiger partial charge in [-0.1, -0.05) is 29.4 Å². The maximum atomic E-state index is 14.0. The van der Waals surface area contributed by atoms with Gasteiger partial charge in [-0.15, -0.1) is 0 Å². The first-order valence-electron chi connectivity index (χ1n) is 9.33. The molecule has 1 saturated heterocycles. The van der Waals surface area contributed by atoms with Crippen LogP contribution in [0.3, 0.4) is 0 Å². The van der Waals surface area contributed by atoms with Crippen LogP contribution in [-0.2, 0) is 17.8 Å². The van der Waals surface area contributed by atoms with Gasteiger partial charge in [-0.2, -0.15) is 4.98 Å². The van der Waals surface area contributed by atoms with E-state index >= 15 is 0 Å². The smallest absolute Gasteiger partial charge is 0.241 e. The number of hydrogen-bond donors (Lipinski definition) is 0. The zero-order valence-electron chi connectivity index (χ0n) is 15.4. The number of rotatable bonds is 6. The van der Waals surface area contributed by atoms with Gasteiger partial charge in [-0.3, -0.25) is 4.90 Å². The molecule has 0 atom stereocenters. The maximum Gasteiger partial charge on any atom is 0.241 e. The van der Waals surface area contributed by atoms with Gasteiger partial charge in [0.1, 0.15) is 11.6 Å². The fraction of sp³-hybridized carbons (Fsp3) is 0.333. The summed E-state index contributed by atoms with van der Waals surface area (Å²) in [5.74, 6) is 0.0175. The summed E-state index contributed by atoms with van der Waals surface area (Å²) in [6, 6.07) is 13.1. The molecule has 0 N–H and O–H groups in total. The molecule has 7 heteroatoms. The molecule has 1 aliphatic rings. The van der Waals surface area contributed by atoms with E-state index < -0.39 is 0 Å². The standard InChI is InChI=1S/C21H21F2N3O2/c22-16-7-5-15(6-8-16)13-26(17-9-11-27-12-10-17)14-20-24-21(25-28-20)18-3-1-2-4-19(18)23/h1-8,17H,9-14H2. The highest BCUT2D eigenvalue weighted by atomic mass is 19.1. The largest absolute Gasteiger partial charge is 0.381 e. The molecule has 0 spiro atoms. The molecule has 0 unspecified atom stereocenters. The SMILES string of the molecule is Fc1ccc(CN(Cc2nc(-c3ccccc3F)no2)C2CCOCC2)cc1. The zero-order valence-corrected chi connectivity index (χ0v) is 15.4. The number of halogens is 2. The van der Waals surface area contributed by atoms with Crippen molar-refractivity contribution in [1.29, 1.82) is 0 Å². The van der Waals surface area contributed by atoms with E-state index in [4.69, 9.17) is 9.26 Å². The molecule has 146 valence electrons. The highest BCUT2D eigenvalue weighted by Crippen LogP contribution is 2.23. The summed E-state index contributed by atoms with van der Waals surface area (Å²) in [6.07, 6.45) is 1.80. The number of nitrogens with zero attached hydrogens (tertiary/aromatic N) is 3. The summed E-state index contributed by atoms with van der Waals surface area (Å²) in [7, 11) is 0. The predicted octanol–water partition coefficient (Wildman–Crippen LogP) is 4.20. The molecule has 0 radical (unpaired) electrons. The lowest BCUT2D eigenvalue weighted by molar-refractivity contribution is 0.0239. The van der Waals surface area contributed by atoms with Crippen LogP contribution in [0.25, 0.3) is 11.4 Å². The molecule has 1 aliphatic heterocycles. The first-order chi connectivity index (χ1) is 13.7. The normalized spacial score (nSPS) is 15.2. The third-order valence-electron chi connectivity index (χ3n) is 4.93. The number of aromatic nitrogens is 2. The first-order valence-corrected chi connectivity index (χ1v) is 9.33. The summed E-state index contributed by atoms with van der Waals surface area (Å²) in [5, 5.41) is 3.94. The van der Waals surface area contributed by atoms with Crippen LogP contribution in [-0.4, -0.2) is 34.3 Å². The molecule has 0 saturated carbocycles. The van der Waals surface area contributed by atoms with E-state index in [0.717, 1.165) is 18.4 Å². The van der Waals surface area contributed by atoms with Crippen LogP contribution in [0.1, 0.15) is 24.3 Å². The van der Waals surface area contributed by atoms with Crippen molar-refractivity contribution < 1.29 is 18.0 Å². The number of benzene rings is 2. The molecule has 3 aromatic rings. The van der Waals surface area contributed by atoms with Crippen LogP contribution in [0.15, 0.2) is 53.1 Å². The molecule has 4 rings (SSSR count). The summed E-state index contributed by atoms with van der Waals surface area (Å²) < 4.78 is 38.1. The molecule has 0 bridgehead atoms. The topological polar surface area (TPSA) is 51.4 Å². The molecule has 5 nitrogen and oxygen atoms in total. The Hall–Kier alpha value is -2.64. The second kappa shape index (κ2) is 8.58. The van der Waals surface area contributed by atoms with E-state index in [0.29, 0.717) is 43.8 Å². The second-order valence-electron chi connectivity index (χ2n) is 6.87. The van der Waals surface area contributed by atoms with E-state index in [1.807, 2.05) is 0 Å². The highest BCUT2D eigenvalue weighted by Gasteiger charge is 2.24. The van der Waals surface area contributed by atoms with Crippen LogP contribution < -0.4 is 0 Å². The Kier molecular flexibility index (Phi) is 5.73. The third-order valence-corrected chi connectivity index (χ3v) is 4.93. The lowest BCUT2D eigenvalue weighted by atomic mass is 10.1. The lowest BCUT2D eigenvalue weighted by Crippen LogP contribution is -2.38. The van der Waals surface area contributed by atoms with Gasteiger partial charge in [0, 0.05) is 25.8 Å². The van der Waals surface area contributed by atoms with E-state index in [9.17, 15) is 8.78 Å².